The van der Waals surface area contributed by atoms with Gasteiger partial charge >= 0.3 is 29.8 Å². The molecular formula is C55H87N3O35S2. The van der Waals surface area contributed by atoms with Crippen LogP contribution in [0.3, 0.4) is 0 Å². The quantitative estimate of drug-likeness (QED) is 0.00983. The molecule has 13 N–H and O–H groups in total. The Labute approximate surface area is 552 Å². The fourth-order valence-corrected chi connectivity index (χ4v) is 12.2. The molecule has 6 fully saturated rings. The summed E-state index contributed by atoms with van der Waals surface area (Å²) in [6.07, 6.45) is -44.5. The molecule has 544 valence electrons. The van der Waals surface area contributed by atoms with Gasteiger partial charge in [0.1, 0.15) is 105 Å². The third-order valence-corrected chi connectivity index (χ3v) is 17.3. The molecule has 28 atom stereocenters. The molecule has 0 radical (unpaired) electrons. The van der Waals surface area contributed by atoms with Crippen molar-refractivity contribution in [3.8, 4) is 0 Å². The van der Waals surface area contributed by atoms with Crippen molar-refractivity contribution in [1.29, 1.82) is 0 Å². The summed E-state index contributed by atoms with van der Waals surface area (Å²) in [4.78, 5) is 134. The maximum Gasteiger partial charge on any atom is 0.335 e. The molecule has 0 bridgehead atoms. The first kappa shape index (κ1) is 79.6. The summed E-state index contributed by atoms with van der Waals surface area (Å²) < 4.78 is 63.6. The van der Waals surface area contributed by atoms with Crippen LogP contribution in [0.2, 0.25) is 0 Å². The third kappa shape index (κ3) is 21.5. The SMILES string of the molecule is COO[C@H]1C[C@H](NC(C)=O)[C@H](O[C@H]2C(C(=O)O)OC(OO[C@H]3CC(NC(C)=O)C(O[C@H]4C(C(=O)O)OC(OO[C@H]5C[C@H](NC(C)=O)[C@H](O[C@H]6C(C(=O)O)OC(C)C(O)C6O)OC5COC(=O)[C@@H](C)CSCCCS)C(O)C4O)O[C@H]3COC(=O)C(C)C)C(O)C2O)OC1CO. The highest BCUT2D eigenvalue weighted by Crippen LogP contribution is 2.36. The first-order valence-corrected chi connectivity index (χ1v) is 32.1. The number of thioether (sulfide) groups is 1. The lowest BCUT2D eigenvalue weighted by molar-refractivity contribution is -0.461. The highest BCUT2D eigenvalue weighted by molar-refractivity contribution is 7.99. The monoisotopic (exact) mass is 1410 g/mol. The van der Waals surface area contributed by atoms with Crippen molar-refractivity contribution in [3.05, 3.63) is 0 Å². The van der Waals surface area contributed by atoms with Gasteiger partial charge in [0, 0.05) is 45.8 Å². The summed E-state index contributed by atoms with van der Waals surface area (Å²) >= 11 is 5.66. The molecule has 3 amide bonds. The summed E-state index contributed by atoms with van der Waals surface area (Å²) in [6.45, 7) is 7.10. The summed E-state index contributed by atoms with van der Waals surface area (Å²) in [5.41, 5.74) is 0. The number of nitrogens with one attached hydrogen (secondary N) is 3. The largest absolute Gasteiger partial charge is 0.479 e. The van der Waals surface area contributed by atoms with Crippen LogP contribution < -0.4 is 16.0 Å². The maximum absolute atomic E-state index is 13.3. The second-order valence-electron chi connectivity index (χ2n) is 23.5. The van der Waals surface area contributed by atoms with Gasteiger partial charge in [0.05, 0.1) is 49.8 Å². The van der Waals surface area contributed by atoms with E-state index in [2.05, 4.69) is 28.6 Å². The topological polar surface area (TPSA) is 532 Å². The van der Waals surface area contributed by atoms with E-state index in [0.717, 1.165) is 27.2 Å². The third-order valence-electron chi connectivity index (χ3n) is 15.7. The Balaban J connectivity index is 1.20. The van der Waals surface area contributed by atoms with Gasteiger partial charge in [-0.2, -0.15) is 24.4 Å². The number of carbonyl (C=O) groups is 8. The Morgan fingerprint density at radius 2 is 0.895 bits per heavy atom. The van der Waals surface area contributed by atoms with Crippen molar-refractivity contribution in [2.24, 2.45) is 11.8 Å². The van der Waals surface area contributed by atoms with Crippen LogP contribution in [0, 0.1) is 11.8 Å². The molecule has 40 heteroatoms. The molecule has 0 aliphatic carbocycles. The highest BCUT2D eigenvalue weighted by Gasteiger charge is 2.57. The summed E-state index contributed by atoms with van der Waals surface area (Å²) in [6, 6.07) is -3.93. The van der Waals surface area contributed by atoms with Crippen LogP contribution in [0.25, 0.3) is 0 Å². The first-order valence-electron chi connectivity index (χ1n) is 30.3. The summed E-state index contributed by atoms with van der Waals surface area (Å²) in [5.74, 6) is -8.62. The average molecular weight is 1410 g/mol. The average Bonchev–Trinajstić information content (AvgIpc) is 0.804. The van der Waals surface area contributed by atoms with E-state index in [4.69, 9.17) is 81.4 Å². The van der Waals surface area contributed by atoms with E-state index in [1.165, 1.54) is 39.6 Å². The number of carbonyl (C=O) groups excluding carboxylic acids is 5. The summed E-state index contributed by atoms with van der Waals surface area (Å²) in [7, 11) is 1.18. The molecule has 0 aromatic carbocycles. The normalized spacial score (nSPS) is 38.6. The minimum atomic E-state index is -2.33. The van der Waals surface area contributed by atoms with Gasteiger partial charge in [-0.15, -0.1) is 0 Å². The molecule has 0 spiro atoms. The van der Waals surface area contributed by atoms with E-state index < -0.39 is 258 Å². The van der Waals surface area contributed by atoms with Crippen LogP contribution in [-0.4, -0.2) is 308 Å². The Kier molecular flexibility index (Phi) is 31.1. The second-order valence-corrected chi connectivity index (χ2v) is 25.1. The molecule has 6 saturated heterocycles. The Morgan fingerprint density at radius 1 is 0.516 bits per heavy atom. The zero-order chi connectivity index (χ0) is 70.3. The molecule has 6 heterocycles. The molecular weight excluding hydrogens is 1330 g/mol. The van der Waals surface area contributed by atoms with Crippen molar-refractivity contribution >= 4 is 72.0 Å². The predicted octanol–water partition coefficient (Wildman–Crippen LogP) is -5.34. The smallest absolute Gasteiger partial charge is 0.335 e. The van der Waals surface area contributed by atoms with Crippen LogP contribution in [-0.2, 0) is 120 Å². The number of thiol groups is 1. The van der Waals surface area contributed by atoms with E-state index >= 15 is 0 Å². The minimum Gasteiger partial charge on any atom is -0.479 e. The zero-order valence-electron chi connectivity index (χ0n) is 52.8. The Morgan fingerprint density at radius 3 is 1.26 bits per heavy atom. The van der Waals surface area contributed by atoms with Gasteiger partial charge in [-0.3, -0.25) is 24.0 Å². The van der Waals surface area contributed by atoms with Gasteiger partial charge in [0.2, 0.25) is 30.3 Å². The lowest BCUT2D eigenvalue weighted by Crippen LogP contribution is -2.65. The van der Waals surface area contributed by atoms with Gasteiger partial charge in [-0.25, -0.2) is 43.7 Å². The van der Waals surface area contributed by atoms with Gasteiger partial charge in [0.15, 0.2) is 37.2 Å². The second kappa shape index (κ2) is 37.1. The molecule has 16 unspecified atom stereocenters. The van der Waals surface area contributed by atoms with Gasteiger partial charge in [0.25, 0.3) is 0 Å². The predicted molar refractivity (Wildman–Crippen MR) is 310 cm³/mol. The number of aliphatic hydroxyl groups excluding tert-OH is 7. The van der Waals surface area contributed by atoms with Crippen molar-refractivity contribution in [3.63, 3.8) is 0 Å². The number of aliphatic hydroxyl groups is 7. The number of carboxylic acids is 3. The van der Waals surface area contributed by atoms with E-state index in [0.29, 0.717) is 17.3 Å². The molecule has 0 aromatic heterocycles. The molecule has 6 aliphatic heterocycles. The molecule has 6 rings (SSSR count). The van der Waals surface area contributed by atoms with Crippen LogP contribution in [0.4, 0.5) is 0 Å². The van der Waals surface area contributed by atoms with Crippen molar-refractivity contribution < 1.29 is 171 Å². The van der Waals surface area contributed by atoms with Crippen LogP contribution in [0.15, 0.2) is 0 Å². The van der Waals surface area contributed by atoms with Crippen molar-refractivity contribution in [1.82, 2.24) is 16.0 Å². The fourth-order valence-electron chi connectivity index (χ4n) is 10.8. The van der Waals surface area contributed by atoms with E-state index in [1.807, 2.05) is 0 Å². The first-order chi connectivity index (χ1) is 44.9. The van der Waals surface area contributed by atoms with Crippen LogP contribution in [0.5, 0.6) is 0 Å². The van der Waals surface area contributed by atoms with E-state index in [9.17, 15) is 89.4 Å². The molecule has 95 heavy (non-hydrogen) atoms. The zero-order valence-corrected chi connectivity index (χ0v) is 54.6. The lowest BCUT2D eigenvalue weighted by atomic mass is 9.94. The van der Waals surface area contributed by atoms with Gasteiger partial charge in [-0.05, 0) is 24.9 Å². The van der Waals surface area contributed by atoms with Gasteiger partial charge in [-0.1, -0.05) is 20.8 Å². The molecule has 38 nitrogen and oxygen atoms in total. The standard InChI is InChI=1S/C55H87N3O35S2/c1-19(2)49(75)78-16-32-29(90-92-54-38(67)36(65)41(44(87-54)47(71)72)85-51-25(56-22(5)60)12-28(89-77-8)31(15-59)81-51)13-27(58-24(7)62)53(82-32)86-42-37(66)39(68)55(88-45(42)48(73)74)93-91-30-14-26(57-23(6)61)52(84-40-35(64)34(63)21(4)80-43(40)46(69)70)83-33(30)17-79-50(76)20(3)18-95-11-9-10-94/h19-21,25-45,51-55,59,63-68,94H,9-18H2,1-8H3,(H,56,60)(H,57,61)(H,58,62)(H,69,70)(H,71,72)(H,73,74)/t20-,21?,25-,26-,27?,28-,29-,30-,31?,32-,33?,34?,35?,36?,37?,38?,39?,40+,41+,42+,43?,44?,45?,51-,52-,53?,54?,55?/m0/s1. The molecule has 6 aliphatic rings. The number of hydrogen-bond donors (Lipinski definition) is 14. The number of rotatable bonds is 32. The minimum absolute atomic E-state index is 0.124. The number of carboxylic acid groups (broad SMARTS) is 3. The Bertz CT molecular complexity index is 2530. The number of esters is 2. The maximum atomic E-state index is 13.3. The molecule has 0 aromatic rings. The Hall–Kier alpha value is -4.42. The number of aliphatic carboxylic acids is 3. The van der Waals surface area contributed by atoms with Crippen LogP contribution in [0.1, 0.15) is 74.1 Å². The van der Waals surface area contributed by atoms with Crippen LogP contribution >= 0.6 is 24.4 Å². The summed E-state index contributed by atoms with van der Waals surface area (Å²) in [5, 5.41) is 116. The number of ether oxygens (including phenoxy) is 11. The van der Waals surface area contributed by atoms with Crippen molar-refractivity contribution in [2.75, 3.05) is 44.2 Å². The number of amides is 3. The van der Waals surface area contributed by atoms with E-state index in [1.54, 1.807) is 6.92 Å². The highest BCUT2D eigenvalue weighted by atomic mass is 32.2. The molecule has 0 saturated carbocycles. The lowest BCUT2D eigenvalue weighted by Gasteiger charge is -2.46. The fraction of sp³-hybridized carbons (Fsp3) is 0.855. The van der Waals surface area contributed by atoms with Gasteiger partial charge < -0.3 is 119 Å². The number of hydrogen-bond acceptors (Lipinski definition) is 34. The van der Waals surface area contributed by atoms with E-state index in [-0.39, 0.29) is 6.42 Å². The van der Waals surface area contributed by atoms with Crippen molar-refractivity contribution in [2.45, 2.75) is 240 Å².